The highest BCUT2D eigenvalue weighted by Crippen LogP contribution is 2.26. The van der Waals surface area contributed by atoms with Crippen molar-refractivity contribution in [1.82, 2.24) is 0 Å². The maximum atomic E-state index is 12.2. The van der Waals surface area contributed by atoms with Gasteiger partial charge in [0.05, 0.1) is 5.56 Å². The Hall–Kier alpha value is -2.63. The normalized spacial score (nSPS) is 14.7. The number of anilines is 1. The highest BCUT2D eigenvalue weighted by Gasteiger charge is 2.23. The largest absolute Gasteiger partial charge is 0.478 e. The number of carboxylic acid groups (broad SMARTS) is 2. The summed E-state index contributed by atoms with van der Waals surface area (Å²) in [6.07, 6.45) is 2.40. The minimum absolute atomic E-state index is 0.121. The molecule has 0 spiro atoms. The van der Waals surface area contributed by atoms with E-state index in [2.05, 4.69) is 5.32 Å². The van der Waals surface area contributed by atoms with Crippen molar-refractivity contribution in [2.24, 2.45) is 0 Å². The van der Waals surface area contributed by atoms with Crippen LogP contribution in [0.1, 0.15) is 36.0 Å². The van der Waals surface area contributed by atoms with Crippen molar-refractivity contribution in [3.63, 3.8) is 0 Å². The Balaban J connectivity index is 2.16. The molecule has 3 N–H and O–H groups in total. The summed E-state index contributed by atoms with van der Waals surface area (Å²) in [6.45, 7) is 0. The number of amides is 1. The van der Waals surface area contributed by atoms with Crippen LogP contribution in [0.5, 0.6) is 0 Å². The molecule has 0 unspecified atom stereocenters. The third-order valence-electron chi connectivity index (χ3n) is 3.39. The number of benzene rings is 1. The number of rotatable bonds is 4. The van der Waals surface area contributed by atoms with Gasteiger partial charge in [-0.05, 0) is 49.9 Å². The number of hydrogen-bond donors (Lipinski definition) is 3. The molecule has 1 amide bonds. The van der Waals surface area contributed by atoms with Gasteiger partial charge in [-0.2, -0.15) is 0 Å². The van der Waals surface area contributed by atoms with Crippen molar-refractivity contribution < 1.29 is 24.6 Å². The van der Waals surface area contributed by atoms with Gasteiger partial charge in [-0.15, -0.1) is 0 Å². The Morgan fingerprint density at radius 3 is 1.95 bits per heavy atom. The van der Waals surface area contributed by atoms with E-state index in [1.54, 1.807) is 0 Å². The third kappa shape index (κ3) is 3.47. The first-order valence-corrected chi connectivity index (χ1v) is 6.59. The summed E-state index contributed by atoms with van der Waals surface area (Å²) in [5.41, 5.74) is 1.03. The molecular weight excluding hydrogens is 274 g/mol. The zero-order valence-corrected chi connectivity index (χ0v) is 11.3. The first kappa shape index (κ1) is 14.8. The van der Waals surface area contributed by atoms with Gasteiger partial charge in [0.1, 0.15) is 0 Å². The molecule has 6 heteroatoms. The molecule has 0 saturated heterocycles. The van der Waals surface area contributed by atoms with Crippen LogP contribution in [0, 0.1) is 0 Å². The number of aliphatic carboxylic acids is 1. The van der Waals surface area contributed by atoms with Crippen molar-refractivity contribution in [3.05, 3.63) is 41.0 Å². The van der Waals surface area contributed by atoms with Crippen LogP contribution in [0.25, 0.3) is 0 Å². The van der Waals surface area contributed by atoms with Crippen LogP contribution < -0.4 is 5.32 Å². The van der Waals surface area contributed by atoms with Crippen molar-refractivity contribution >= 4 is 23.5 Å². The average Bonchev–Trinajstić information content (AvgIpc) is 2.47. The molecule has 1 aliphatic carbocycles. The van der Waals surface area contributed by atoms with Crippen LogP contribution in [0.15, 0.2) is 35.4 Å². The maximum absolute atomic E-state index is 12.2. The zero-order chi connectivity index (χ0) is 15.4. The van der Waals surface area contributed by atoms with Crippen LogP contribution in [0.4, 0.5) is 5.69 Å². The minimum Gasteiger partial charge on any atom is -0.478 e. The molecular formula is C15H15NO5. The molecule has 0 aromatic heterocycles. The molecule has 0 fully saturated rings. The third-order valence-corrected chi connectivity index (χ3v) is 3.39. The summed E-state index contributed by atoms with van der Waals surface area (Å²) >= 11 is 0. The number of carbonyl (C=O) groups is 3. The predicted molar refractivity (Wildman–Crippen MR) is 75.2 cm³/mol. The molecule has 0 aliphatic heterocycles. The zero-order valence-electron chi connectivity index (χ0n) is 11.3. The van der Waals surface area contributed by atoms with E-state index in [1.165, 1.54) is 24.3 Å². The van der Waals surface area contributed by atoms with Gasteiger partial charge in [0.15, 0.2) is 0 Å². The van der Waals surface area contributed by atoms with Crippen molar-refractivity contribution in [2.45, 2.75) is 25.7 Å². The van der Waals surface area contributed by atoms with Gasteiger partial charge in [-0.3, -0.25) is 4.79 Å². The number of nitrogens with one attached hydrogen (secondary N) is 1. The minimum atomic E-state index is -1.05. The average molecular weight is 289 g/mol. The van der Waals surface area contributed by atoms with E-state index >= 15 is 0 Å². The highest BCUT2D eigenvalue weighted by molar-refractivity contribution is 6.09. The van der Waals surface area contributed by atoms with Gasteiger partial charge in [-0.25, -0.2) is 9.59 Å². The monoisotopic (exact) mass is 289 g/mol. The summed E-state index contributed by atoms with van der Waals surface area (Å²) in [7, 11) is 0. The molecule has 0 saturated carbocycles. The van der Waals surface area contributed by atoms with Crippen LogP contribution >= 0.6 is 0 Å². The molecule has 1 aliphatic rings. The molecule has 110 valence electrons. The molecule has 21 heavy (non-hydrogen) atoms. The Kier molecular flexibility index (Phi) is 4.37. The number of aromatic carboxylic acids is 1. The molecule has 1 aromatic carbocycles. The second-order valence-corrected chi connectivity index (χ2v) is 4.81. The quantitative estimate of drug-likeness (QED) is 0.788. The lowest BCUT2D eigenvalue weighted by Gasteiger charge is -2.17. The van der Waals surface area contributed by atoms with Crippen LogP contribution in [-0.4, -0.2) is 28.1 Å². The van der Waals surface area contributed by atoms with Crippen LogP contribution in [0.3, 0.4) is 0 Å². The van der Waals surface area contributed by atoms with Gasteiger partial charge in [0, 0.05) is 16.8 Å². The SMILES string of the molecule is O=C(O)C1=C(C(=O)Nc2ccc(C(=O)O)cc2)CCCC1. The molecule has 0 atom stereocenters. The maximum Gasteiger partial charge on any atom is 0.335 e. The number of carbonyl (C=O) groups excluding carboxylic acids is 1. The molecule has 6 nitrogen and oxygen atoms in total. The lowest BCUT2D eigenvalue weighted by atomic mass is 9.91. The van der Waals surface area contributed by atoms with E-state index in [0.29, 0.717) is 24.1 Å². The van der Waals surface area contributed by atoms with E-state index in [-0.39, 0.29) is 11.1 Å². The lowest BCUT2D eigenvalue weighted by molar-refractivity contribution is -0.133. The molecule has 0 heterocycles. The second-order valence-electron chi connectivity index (χ2n) is 4.81. The Morgan fingerprint density at radius 1 is 0.857 bits per heavy atom. The number of carboxylic acids is 2. The van der Waals surface area contributed by atoms with E-state index < -0.39 is 17.8 Å². The fourth-order valence-electron chi connectivity index (χ4n) is 2.29. The summed E-state index contributed by atoms with van der Waals surface area (Å²) in [4.78, 5) is 34.0. The van der Waals surface area contributed by atoms with Gasteiger partial charge < -0.3 is 15.5 Å². The number of hydrogen-bond acceptors (Lipinski definition) is 3. The van der Waals surface area contributed by atoms with E-state index in [4.69, 9.17) is 10.2 Å². The topological polar surface area (TPSA) is 104 Å². The van der Waals surface area contributed by atoms with Gasteiger partial charge >= 0.3 is 11.9 Å². The lowest BCUT2D eigenvalue weighted by Crippen LogP contribution is -2.21. The smallest absolute Gasteiger partial charge is 0.335 e. The Labute approximate surface area is 121 Å². The van der Waals surface area contributed by atoms with E-state index in [9.17, 15) is 14.4 Å². The summed E-state index contributed by atoms with van der Waals surface area (Å²) in [6, 6.07) is 5.72. The summed E-state index contributed by atoms with van der Waals surface area (Å²) in [5, 5.41) is 20.5. The fraction of sp³-hybridized carbons (Fsp3) is 0.267. The van der Waals surface area contributed by atoms with Crippen molar-refractivity contribution in [3.8, 4) is 0 Å². The molecule has 1 aromatic rings. The summed E-state index contributed by atoms with van der Waals surface area (Å²) < 4.78 is 0. The first-order chi connectivity index (χ1) is 9.99. The first-order valence-electron chi connectivity index (χ1n) is 6.59. The van der Waals surface area contributed by atoms with Crippen molar-refractivity contribution in [2.75, 3.05) is 5.32 Å². The molecule has 2 rings (SSSR count). The highest BCUT2D eigenvalue weighted by atomic mass is 16.4. The standard InChI is InChI=1S/C15H15NO5/c17-13(11-3-1-2-4-12(11)15(20)21)16-10-7-5-9(6-8-10)14(18)19/h5-8H,1-4H2,(H,16,17)(H,18,19)(H,20,21). The second kappa shape index (κ2) is 6.21. The van der Waals surface area contributed by atoms with Crippen LogP contribution in [-0.2, 0) is 9.59 Å². The van der Waals surface area contributed by atoms with E-state index in [1.807, 2.05) is 0 Å². The van der Waals surface area contributed by atoms with E-state index in [0.717, 1.165) is 12.8 Å². The molecule has 0 bridgehead atoms. The van der Waals surface area contributed by atoms with Gasteiger partial charge in [-0.1, -0.05) is 0 Å². The van der Waals surface area contributed by atoms with Crippen LogP contribution in [0.2, 0.25) is 0 Å². The molecule has 0 radical (unpaired) electrons. The van der Waals surface area contributed by atoms with Gasteiger partial charge in [0.2, 0.25) is 0 Å². The van der Waals surface area contributed by atoms with Crippen molar-refractivity contribution in [1.29, 1.82) is 0 Å². The summed E-state index contributed by atoms with van der Waals surface area (Å²) in [5.74, 6) is -2.53. The van der Waals surface area contributed by atoms with Gasteiger partial charge in [0.25, 0.3) is 5.91 Å². The Bertz CT molecular complexity index is 615. The Morgan fingerprint density at radius 2 is 1.43 bits per heavy atom. The fourth-order valence-corrected chi connectivity index (χ4v) is 2.29. The predicted octanol–water partition coefficient (Wildman–Crippen LogP) is 2.28.